The van der Waals surface area contributed by atoms with E-state index in [2.05, 4.69) is 103 Å². The Kier molecular flexibility index (Phi) is 5.58. The van der Waals surface area contributed by atoms with Gasteiger partial charge in [-0.25, -0.2) is 4.57 Å². The van der Waals surface area contributed by atoms with Crippen LogP contribution in [-0.2, 0) is 6.42 Å². The second-order valence-corrected chi connectivity index (χ2v) is 10.7. The number of aromatic nitrogens is 1. The molecule has 1 saturated heterocycles. The molecule has 0 spiro atoms. The van der Waals surface area contributed by atoms with Crippen molar-refractivity contribution < 1.29 is 4.57 Å². The molecule has 0 saturated carbocycles. The molecule has 0 N–H and O–H groups in total. The van der Waals surface area contributed by atoms with Gasteiger partial charge in [-0.1, -0.05) is 42.1 Å². The molecule has 1 fully saturated rings. The monoisotopic (exact) mass is 494 g/mol. The van der Waals surface area contributed by atoms with E-state index in [1.54, 1.807) is 0 Å². The molecule has 7 rings (SSSR count). The summed E-state index contributed by atoms with van der Waals surface area (Å²) in [4.78, 5) is 13.3. The summed E-state index contributed by atoms with van der Waals surface area (Å²) in [5.41, 5.74) is 5.36. The quantitative estimate of drug-likeness (QED) is 0.496. The number of nitrogens with zero attached hydrogens (tertiary/aromatic N) is 6. The van der Waals surface area contributed by atoms with Gasteiger partial charge in [0.25, 0.3) is 5.82 Å². The number of hydrogen-bond donors (Lipinski definition) is 0. The molecule has 3 aromatic rings. The van der Waals surface area contributed by atoms with E-state index in [0.29, 0.717) is 0 Å². The van der Waals surface area contributed by atoms with Gasteiger partial charge in [-0.15, -0.1) is 0 Å². The minimum Gasteiger partial charge on any atom is -0.419 e. The van der Waals surface area contributed by atoms with Gasteiger partial charge >= 0.3 is 0 Å². The lowest BCUT2D eigenvalue weighted by molar-refractivity contribution is -0.582. The Morgan fingerprint density at radius 1 is 0.917 bits per heavy atom. The molecular weight excluding hydrogens is 464 g/mol. The maximum absolute atomic E-state index is 4.57. The lowest BCUT2D eigenvalue weighted by Gasteiger charge is -2.38. The number of aryl methyl sites for hydroxylation is 1. The van der Waals surface area contributed by atoms with E-state index >= 15 is 0 Å². The maximum Gasteiger partial charge on any atom is 0.282 e. The van der Waals surface area contributed by atoms with E-state index < -0.39 is 0 Å². The van der Waals surface area contributed by atoms with Gasteiger partial charge in [0.15, 0.2) is 0 Å². The standard InChI is InChI=1S/C29H30N6S/c1-2-8-24(9-3-1)34-15-11-22(20-26(34)32-16-18-33(19-17-32)29-30-12-13-31-29)21-27-35-14-5-7-23-6-4-10-25(36-27)28(23)35/h1-4,6,8-11,15,20-21H,5,7,12-14,16-19H2. The number of piperazine rings is 1. The first-order valence-corrected chi connectivity index (χ1v) is 13.8. The van der Waals surface area contributed by atoms with Gasteiger partial charge in [0.05, 0.1) is 30.0 Å². The van der Waals surface area contributed by atoms with Crippen LogP contribution in [0.4, 0.5) is 11.5 Å². The summed E-state index contributed by atoms with van der Waals surface area (Å²) in [5.74, 6) is 2.18. The van der Waals surface area contributed by atoms with Crippen molar-refractivity contribution in [3.05, 3.63) is 88.3 Å². The van der Waals surface area contributed by atoms with Crippen LogP contribution in [0.15, 0.2) is 81.8 Å². The first kappa shape index (κ1) is 21.8. The number of rotatable bonds is 3. The third-order valence-corrected chi connectivity index (χ3v) is 8.53. The van der Waals surface area contributed by atoms with E-state index in [1.807, 2.05) is 11.8 Å². The SMILES string of the molecule is C(=C1/Sc2cccc3c2N1CCC3)/c1cc[n+](-c2ccccc2)c(N2CCN(C3=NCC[N-]3)CC2)c1. The van der Waals surface area contributed by atoms with E-state index in [-0.39, 0.29) is 0 Å². The fraction of sp³-hybridized carbons (Fsp3) is 0.310. The summed E-state index contributed by atoms with van der Waals surface area (Å²) >= 11 is 1.91. The zero-order valence-electron chi connectivity index (χ0n) is 20.4. The Hall–Kier alpha value is -3.45. The van der Waals surface area contributed by atoms with Crippen molar-refractivity contribution in [2.75, 3.05) is 55.6 Å². The highest BCUT2D eigenvalue weighted by atomic mass is 32.2. The number of para-hydroxylation sites is 2. The fourth-order valence-electron chi connectivity index (χ4n) is 5.67. The molecule has 4 aliphatic rings. The predicted molar refractivity (Wildman–Crippen MR) is 148 cm³/mol. The van der Waals surface area contributed by atoms with Crippen molar-refractivity contribution in [1.29, 1.82) is 0 Å². The molecule has 36 heavy (non-hydrogen) atoms. The van der Waals surface area contributed by atoms with E-state index in [9.17, 15) is 0 Å². The van der Waals surface area contributed by atoms with Crippen molar-refractivity contribution in [3.63, 3.8) is 0 Å². The van der Waals surface area contributed by atoms with Gasteiger partial charge in [0.1, 0.15) is 5.69 Å². The van der Waals surface area contributed by atoms with Gasteiger partial charge < -0.3 is 20.1 Å². The zero-order chi connectivity index (χ0) is 23.9. The zero-order valence-corrected chi connectivity index (χ0v) is 21.2. The largest absolute Gasteiger partial charge is 0.419 e. The lowest BCUT2D eigenvalue weighted by Crippen LogP contribution is -2.52. The fourth-order valence-corrected chi connectivity index (χ4v) is 6.86. The topological polar surface area (TPSA) is 40.1 Å². The van der Waals surface area contributed by atoms with Gasteiger partial charge in [0.2, 0.25) is 0 Å². The second kappa shape index (κ2) is 9.21. The highest BCUT2D eigenvalue weighted by Gasteiger charge is 2.31. The Labute approximate surface area is 216 Å². The Morgan fingerprint density at radius 2 is 1.78 bits per heavy atom. The van der Waals surface area contributed by atoms with Crippen molar-refractivity contribution >= 4 is 35.3 Å². The predicted octanol–water partition coefficient (Wildman–Crippen LogP) is 4.69. The molecule has 1 aromatic heterocycles. The molecule has 7 heteroatoms. The van der Waals surface area contributed by atoms with Gasteiger partial charge in [0, 0.05) is 36.6 Å². The lowest BCUT2D eigenvalue weighted by atomic mass is 10.0. The maximum atomic E-state index is 4.57. The van der Waals surface area contributed by atoms with Crippen LogP contribution in [0.5, 0.6) is 0 Å². The number of hydrogen-bond acceptors (Lipinski definition) is 5. The smallest absolute Gasteiger partial charge is 0.282 e. The Bertz CT molecular complexity index is 1340. The number of pyridine rings is 1. The molecular formula is C29H30N6S. The van der Waals surface area contributed by atoms with Crippen LogP contribution in [-0.4, -0.2) is 56.7 Å². The molecule has 0 bridgehead atoms. The summed E-state index contributed by atoms with van der Waals surface area (Å²) in [6, 6.07) is 22.0. The second-order valence-electron chi connectivity index (χ2n) is 9.67. The van der Waals surface area contributed by atoms with Gasteiger partial charge in [-0.05, 0) is 67.4 Å². The first-order valence-electron chi connectivity index (χ1n) is 13.0. The third-order valence-electron chi connectivity index (χ3n) is 7.44. The minimum absolute atomic E-state index is 0.834. The Morgan fingerprint density at radius 3 is 2.61 bits per heavy atom. The molecule has 182 valence electrons. The van der Waals surface area contributed by atoms with Crippen LogP contribution in [0, 0.1) is 0 Å². The Balaban J connectivity index is 1.22. The summed E-state index contributed by atoms with van der Waals surface area (Å²) in [7, 11) is 0. The van der Waals surface area contributed by atoms with Crippen LogP contribution in [0.3, 0.4) is 0 Å². The third kappa shape index (κ3) is 3.91. The molecule has 5 heterocycles. The van der Waals surface area contributed by atoms with Crippen LogP contribution in [0.1, 0.15) is 17.5 Å². The highest BCUT2D eigenvalue weighted by Crippen LogP contribution is 2.50. The molecule has 2 aromatic carbocycles. The van der Waals surface area contributed by atoms with E-state index in [4.69, 9.17) is 0 Å². The highest BCUT2D eigenvalue weighted by molar-refractivity contribution is 8.03. The summed E-state index contributed by atoms with van der Waals surface area (Å²) < 4.78 is 2.32. The van der Waals surface area contributed by atoms with Crippen LogP contribution >= 0.6 is 11.8 Å². The summed E-state index contributed by atoms with van der Waals surface area (Å²) in [6.07, 6.45) is 7.01. The van der Waals surface area contributed by atoms with E-state index in [0.717, 1.165) is 51.8 Å². The van der Waals surface area contributed by atoms with Crippen LogP contribution in [0.25, 0.3) is 17.1 Å². The van der Waals surface area contributed by atoms with Crippen LogP contribution in [0.2, 0.25) is 0 Å². The van der Waals surface area contributed by atoms with E-state index in [1.165, 1.54) is 51.1 Å². The number of thioether (sulfide) groups is 1. The van der Waals surface area contributed by atoms with Gasteiger partial charge in [-0.3, -0.25) is 4.90 Å². The normalized spacial score (nSPS) is 19.9. The van der Waals surface area contributed by atoms with Crippen LogP contribution < -0.4 is 14.4 Å². The molecule has 0 aliphatic carbocycles. The van der Waals surface area contributed by atoms with Crippen molar-refractivity contribution in [2.24, 2.45) is 4.99 Å². The number of guanidine groups is 1. The summed E-state index contributed by atoms with van der Waals surface area (Å²) in [5, 5.41) is 5.91. The molecule has 0 unspecified atom stereocenters. The molecule has 0 atom stereocenters. The average molecular weight is 495 g/mol. The molecule has 6 nitrogen and oxygen atoms in total. The number of benzene rings is 2. The van der Waals surface area contributed by atoms with Gasteiger partial charge in [-0.2, -0.15) is 0 Å². The average Bonchev–Trinajstić information content (AvgIpc) is 3.60. The van der Waals surface area contributed by atoms with Crippen molar-refractivity contribution in [3.8, 4) is 5.69 Å². The molecule has 4 aliphatic heterocycles. The minimum atomic E-state index is 0.834. The number of aliphatic imine (C=N–C) groups is 1. The number of anilines is 2. The summed E-state index contributed by atoms with van der Waals surface area (Å²) in [6.45, 7) is 6.58. The first-order chi connectivity index (χ1) is 17.8. The van der Waals surface area contributed by atoms with Crippen molar-refractivity contribution in [2.45, 2.75) is 17.7 Å². The molecule has 0 amide bonds. The molecule has 0 radical (unpaired) electrons. The van der Waals surface area contributed by atoms with Crippen molar-refractivity contribution in [1.82, 2.24) is 4.90 Å².